The minimum atomic E-state index is -0.396. The molecule has 3 unspecified atom stereocenters. The van der Waals surface area contributed by atoms with Crippen LogP contribution in [0.25, 0.3) is 0 Å². The summed E-state index contributed by atoms with van der Waals surface area (Å²) in [6, 6.07) is 1.69. The van der Waals surface area contributed by atoms with Crippen LogP contribution in [0.1, 0.15) is 12.8 Å². The molecule has 0 spiro atoms. The van der Waals surface area contributed by atoms with Crippen molar-refractivity contribution in [2.75, 3.05) is 18.0 Å². The lowest BCUT2D eigenvalue weighted by atomic mass is 10.00. The van der Waals surface area contributed by atoms with E-state index in [2.05, 4.69) is 4.98 Å². The number of aliphatic hydroxyl groups is 1. The predicted octanol–water partition coefficient (Wildman–Crippen LogP) is 1.20. The van der Waals surface area contributed by atoms with E-state index in [0.717, 1.165) is 19.4 Å². The number of anilines is 1. The molecule has 3 atom stereocenters. The highest BCUT2D eigenvalue weighted by Crippen LogP contribution is 2.41. The third-order valence-corrected chi connectivity index (χ3v) is 4.13. The molecular formula is C12H15N3O3. The van der Waals surface area contributed by atoms with Gasteiger partial charge >= 0.3 is 5.69 Å². The molecule has 1 N–H and O–H groups in total. The molecule has 3 rings (SSSR count). The van der Waals surface area contributed by atoms with Gasteiger partial charge < -0.3 is 10.0 Å². The fourth-order valence-corrected chi connectivity index (χ4v) is 3.22. The van der Waals surface area contributed by atoms with Crippen molar-refractivity contribution in [3.63, 3.8) is 0 Å². The SMILES string of the molecule is O=[N+]([O-])c1cnccc1N1CC2CCC(O)C2C1. The molecule has 1 saturated carbocycles. The summed E-state index contributed by atoms with van der Waals surface area (Å²) < 4.78 is 0. The largest absolute Gasteiger partial charge is 0.393 e. The van der Waals surface area contributed by atoms with Crippen LogP contribution < -0.4 is 4.90 Å². The lowest BCUT2D eigenvalue weighted by Crippen LogP contribution is -2.25. The highest BCUT2D eigenvalue weighted by molar-refractivity contribution is 5.62. The molecule has 1 aromatic rings. The Balaban J connectivity index is 1.87. The van der Waals surface area contributed by atoms with E-state index >= 15 is 0 Å². The van der Waals surface area contributed by atoms with Crippen LogP contribution in [0.15, 0.2) is 18.5 Å². The predicted molar refractivity (Wildman–Crippen MR) is 65.3 cm³/mol. The van der Waals surface area contributed by atoms with Gasteiger partial charge in [0, 0.05) is 25.2 Å². The quantitative estimate of drug-likeness (QED) is 0.629. The lowest BCUT2D eigenvalue weighted by molar-refractivity contribution is -0.384. The molecule has 1 aliphatic heterocycles. The zero-order valence-corrected chi connectivity index (χ0v) is 9.90. The highest BCUT2D eigenvalue weighted by atomic mass is 16.6. The minimum Gasteiger partial charge on any atom is -0.393 e. The van der Waals surface area contributed by atoms with Gasteiger partial charge in [-0.1, -0.05) is 0 Å². The molecule has 6 nitrogen and oxygen atoms in total. The van der Waals surface area contributed by atoms with E-state index in [1.807, 2.05) is 4.90 Å². The monoisotopic (exact) mass is 249 g/mol. The number of fused-ring (bicyclic) bond motifs is 1. The van der Waals surface area contributed by atoms with Crippen molar-refractivity contribution in [1.29, 1.82) is 0 Å². The van der Waals surface area contributed by atoms with Gasteiger partial charge in [-0.15, -0.1) is 0 Å². The standard InChI is InChI=1S/C12H15N3O3/c16-12-2-1-8-6-14(7-9(8)12)10-3-4-13-5-11(10)15(17)18/h3-5,8-9,12,16H,1-2,6-7H2. The van der Waals surface area contributed by atoms with Crippen molar-refractivity contribution in [2.45, 2.75) is 18.9 Å². The molecule has 1 aliphatic carbocycles. The van der Waals surface area contributed by atoms with Gasteiger partial charge in [-0.25, -0.2) is 0 Å². The number of aromatic nitrogens is 1. The molecule has 1 aromatic heterocycles. The van der Waals surface area contributed by atoms with Crippen molar-refractivity contribution >= 4 is 11.4 Å². The summed E-state index contributed by atoms with van der Waals surface area (Å²) in [5.74, 6) is 0.727. The van der Waals surface area contributed by atoms with Crippen molar-refractivity contribution in [3.05, 3.63) is 28.6 Å². The first-order valence-electron chi connectivity index (χ1n) is 6.18. The van der Waals surface area contributed by atoms with E-state index in [9.17, 15) is 15.2 Å². The van der Waals surface area contributed by atoms with Gasteiger partial charge in [-0.2, -0.15) is 0 Å². The summed E-state index contributed by atoms with van der Waals surface area (Å²) >= 11 is 0. The molecule has 2 fully saturated rings. The number of hydrogen-bond donors (Lipinski definition) is 1. The van der Waals surface area contributed by atoms with Crippen LogP contribution in [0.3, 0.4) is 0 Å². The molecule has 2 aliphatic rings. The Kier molecular flexibility index (Phi) is 2.66. The first kappa shape index (κ1) is 11.4. The van der Waals surface area contributed by atoms with Gasteiger partial charge in [0.1, 0.15) is 11.9 Å². The first-order valence-corrected chi connectivity index (χ1v) is 6.18. The summed E-state index contributed by atoms with van der Waals surface area (Å²) in [5.41, 5.74) is 0.670. The van der Waals surface area contributed by atoms with Crippen LogP contribution >= 0.6 is 0 Å². The van der Waals surface area contributed by atoms with E-state index in [4.69, 9.17) is 0 Å². The molecule has 18 heavy (non-hydrogen) atoms. The van der Waals surface area contributed by atoms with E-state index in [0.29, 0.717) is 18.2 Å². The number of hydrogen-bond acceptors (Lipinski definition) is 5. The highest BCUT2D eigenvalue weighted by Gasteiger charge is 2.43. The Hall–Kier alpha value is -1.69. The fraction of sp³-hybridized carbons (Fsp3) is 0.583. The third kappa shape index (κ3) is 1.73. The molecule has 0 amide bonds. The van der Waals surface area contributed by atoms with Crippen molar-refractivity contribution in [3.8, 4) is 0 Å². The Morgan fingerprint density at radius 3 is 3.00 bits per heavy atom. The maximum atomic E-state index is 11.0. The van der Waals surface area contributed by atoms with Crippen molar-refractivity contribution < 1.29 is 10.0 Å². The normalized spacial score (nSPS) is 30.5. The van der Waals surface area contributed by atoms with E-state index in [1.54, 1.807) is 12.3 Å². The van der Waals surface area contributed by atoms with Crippen LogP contribution in [-0.4, -0.2) is 34.2 Å². The average Bonchev–Trinajstić information content (AvgIpc) is 2.92. The van der Waals surface area contributed by atoms with Gasteiger partial charge in [0.25, 0.3) is 0 Å². The average molecular weight is 249 g/mol. The van der Waals surface area contributed by atoms with Crippen LogP contribution in [0.2, 0.25) is 0 Å². The second-order valence-electron chi connectivity index (χ2n) is 5.10. The lowest BCUT2D eigenvalue weighted by Gasteiger charge is -2.19. The maximum absolute atomic E-state index is 11.0. The molecule has 2 heterocycles. The number of aliphatic hydroxyl groups excluding tert-OH is 1. The number of pyridine rings is 1. The molecule has 96 valence electrons. The maximum Gasteiger partial charge on any atom is 0.310 e. The summed E-state index contributed by atoms with van der Waals surface area (Å²) in [6.07, 6.45) is 4.50. The Morgan fingerprint density at radius 2 is 2.28 bits per heavy atom. The summed E-state index contributed by atoms with van der Waals surface area (Å²) in [5, 5.41) is 20.8. The van der Waals surface area contributed by atoms with Crippen molar-refractivity contribution in [2.24, 2.45) is 11.8 Å². The second-order valence-corrected chi connectivity index (χ2v) is 5.10. The minimum absolute atomic E-state index is 0.0481. The Labute approximate surface area is 104 Å². The van der Waals surface area contributed by atoms with Gasteiger partial charge in [0.15, 0.2) is 0 Å². The molecule has 1 saturated heterocycles. The van der Waals surface area contributed by atoms with E-state index < -0.39 is 4.92 Å². The first-order chi connectivity index (χ1) is 8.66. The molecule has 0 bridgehead atoms. The van der Waals surface area contributed by atoms with Crippen LogP contribution in [0, 0.1) is 22.0 Å². The second kappa shape index (κ2) is 4.20. The summed E-state index contributed by atoms with van der Waals surface area (Å²) in [6.45, 7) is 1.50. The number of nitro groups is 1. The molecule has 6 heteroatoms. The fourth-order valence-electron chi connectivity index (χ4n) is 3.22. The van der Waals surface area contributed by atoms with Crippen LogP contribution in [-0.2, 0) is 0 Å². The smallest absolute Gasteiger partial charge is 0.310 e. The van der Waals surface area contributed by atoms with Gasteiger partial charge in [-0.3, -0.25) is 15.1 Å². The van der Waals surface area contributed by atoms with Gasteiger partial charge in [0.2, 0.25) is 0 Å². The van der Waals surface area contributed by atoms with Crippen molar-refractivity contribution in [1.82, 2.24) is 4.98 Å². The number of rotatable bonds is 2. The molecule has 0 radical (unpaired) electrons. The van der Waals surface area contributed by atoms with Gasteiger partial charge in [0.05, 0.1) is 11.0 Å². The van der Waals surface area contributed by atoms with Crippen LogP contribution in [0.4, 0.5) is 11.4 Å². The zero-order chi connectivity index (χ0) is 12.7. The van der Waals surface area contributed by atoms with E-state index in [-0.39, 0.29) is 17.7 Å². The Morgan fingerprint density at radius 1 is 1.44 bits per heavy atom. The number of nitrogens with zero attached hydrogens (tertiary/aromatic N) is 3. The zero-order valence-electron chi connectivity index (χ0n) is 9.90. The Bertz CT molecular complexity index is 479. The molecule has 0 aromatic carbocycles. The summed E-state index contributed by atoms with van der Waals surface area (Å²) in [7, 11) is 0. The van der Waals surface area contributed by atoms with Gasteiger partial charge in [-0.05, 0) is 24.8 Å². The van der Waals surface area contributed by atoms with E-state index in [1.165, 1.54) is 6.20 Å². The molecular weight excluding hydrogens is 234 g/mol. The van der Waals surface area contributed by atoms with Crippen LogP contribution in [0.5, 0.6) is 0 Å². The third-order valence-electron chi connectivity index (χ3n) is 4.13. The summed E-state index contributed by atoms with van der Waals surface area (Å²) in [4.78, 5) is 16.4. The topological polar surface area (TPSA) is 79.5 Å².